The van der Waals surface area contributed by atoms with Crippen LogP contribution in [0.15, 0.2) is 0 Å². The number of carbonyl (C=O) groups is 1. The zero-order chi connectivity index (χ0) is 12.5. The number of nitrogens with two attached hydrogens (primary N) is 1. The van der Waals surface area contributed by atoms with Gasteiger partial charge in [0.25, 0.3) is 0 Å². The molecule has 3 nitrogen and oxygen atoms in total. The molecular formula is C14H26N2O. The van der Waals surface area contributed by atoms with Crippen LogP contribution < -0.4 is 5.73 Å². The highest BCUT2D eigenvalue weighted by Crippen LogP contribution is 2.40. The van der Waals surface area contributed by atoms with Gasteiger partial charge in [0.15, 0.2) is 0 Å². The van der Waals surface area contributed by atoms with Crippen molar-refractivity contribution >= 4 is 5.91 Å². The third kappa shape index (κ3) is 2.22. The van der Waals surface area contributed by atoms with E-state index in [4.69, 9.17) is 5.73 Å². The number of hydrogen-bond acceptors (Lipinski definition) is 2. The first-order valence-corrected chi connectivity index (χ1v) is 7.12. The van der Waals surface area contributed by atoms with Gasteiger partial charge in [-0.1, -0.05) is 19.8 Å². The van der Waals surface area contributed by atoms with Crippen LogP contribution in [-0.4, -0.2) is 29.9 Å². The average molecular weight is 238 g/mol. The molecule has 0 radical (unpaired) electrons. The molecule has 0 aromatic rings. The van der Waals surface area contributed by atoms with E-state index in [9.17, 15) is 4.79 Å². The zero-order valence-corrected chi connectivity index (χ0v) is 11.2. The van der Waals surface area contributed by atoms with Crippen LogP contribution >= 0.6 is 0 Å². The summed E-state index contributed by atoms with van der Waals surface area (Å²) >= 11 is 0. The Morgan fingerprint density at radius 3 is 2.53 bits per heavy atom. The van der Waals surface area contributed by atoms with Gasteiger partial charge in [0.1, 0.15) is 0 Å². The molecule has 0 aromatic heterocycles. The Kier molecular flexibility index (Phi) is 3.76. The largest absolute Gasteiger partial charge is 0.339 e. The first kappa shape index (κ1) is 12.9. The Labute approximate surface area is 105 Å². The summed E-state index contributed by atoms with van der Waals surface area (Å²) in [5.41, 5.74) is 5.69. The maximum atomic E-state index is 12.8. The highest BCUT2D eigenvalue weighted by Gasteiger charge is 2.44. The van der Waals surface area contributed by atoms with Gasteiger partial charge in [0.2, 0.25) is 5.91 Å². The topological polar surface area (TPSA) is 46.3 Å². The van der Waals surface area contributed by atoms with Gasteiger partial charge in [-0.05, 0) is 38.5 Å². The van der Waals surface area contributed by atoms with Gasteiger partial charge in [0, 0.05) is 19.1 Å². The summed E-state index contributed by atoms with van der Waals surface area (Å²) in [6.07, 6.45) is 6.74. The van der Waals surface area contributed by atoms with E-state index in [0.717, 1.165) is 25.8 Å². The van der Waals surface area contributed by atoms with Crippen molar-refractivity contribution in [3.8, 4) is 0 Å². The summed E-state index contributed by atoms with van der Waals surface area (Å²) < 4.78 is 0. The Morgan fingerprint density at radius 1 is 1.29 bits per heavy atom. The van der Waals surface area contributed by atoms with Crippen LogP contribution in [0.2, 0.25) is 0 Å². The number of amides is 1. The number of piperidine rings is 1. The normalized spacial score (nSPS) is 32.8. The van der Waals surface area contributed by atoms with E-state index in [1.807, 2.05) is 0 Å². The second-order valence-electron chi connectivity index (χ2n) is 6.05. The molecule has 2 N–H and O–H groups in total. The van der Waals surface area contributed by atoms with E-state index >= 15 is 0 Å². The van der Waals surface area contributed by atoms with Crippen LogP contribution in [0, 0.1) is 11.3 Å². The number of nitrogens with zero attached hydrogens (tertiary/aromatic N) is 1. The Hall–Kier alpha value is -0.570. The fourth-order valence-corrected chi connectivity index (χ4v) is 3.48. The van der Waals surface area contributed by atoms with Crippen molar-refractivity contribution in [2.45, 2.75) is 58.4 Å². The van der Waals surface area contributed by atoms with Crippen LogP contribution in [0.5, 0.6) is 0 Å². The lowest BCUT2D eigenvalue weighted by molar-refractivity contribution is -0.146. The fourth-order valence-electron chi connectivity index (χ4n) is 3.48. The van der Waals surface area contributed by atoms with Gasteiger partial charge < -0.3 is 10.6 Å². The summed E-state index contributed by atoms with van der Waals surface area (Å²) in [7, 11) is 0. The molecule has 2 atom stereocenters. The van der Waals surface area contributed by atoms with Gasteiger partial charge in [-0.2, -0.15) is 0 Å². The minimum atomic E-state index is -0.217. The average Bonchev–Trinajstić information content (AvgIpc) is 2.82. The van der Waals surface area contributed by atoms with Crippen molar-refractivity contribution < 1.29 is 4.79 Å². The third-order valence-electron chi connectivity index (χ3n) is 5.04. The maximum absolute atomic E-state index is 12.8. The van der Waals surface area contributed by atoms with Gasteiger partial charge in [-0.15, -0.1) is 0 Å². The quantitative estimate of drug-likeness (QED) is 0.801. The SMILES string of the molecule is CC1CCCN(C(=O)C2(CN)CCCC2)C1C. The van der Waals surface area contributed by atoms with Gasteiger partial charge in [0.05, 0.1) is 5.41 Å². The number of likely N-dealkylation sites (tertiary alicyclic amines) is 1. The molecule has 1 amide bonds. The summed E-state index contributed by atoms with van der Waals surface area (Å²) in [4.78, 5) is 14.9. The van der Waals surface area contributed by atoms with Crippen molar-refractivity contribution in [2.75, 3.05) is 13.1 Å². The maximum Gasteiger partial charge on any atom is 0.230 e. The Bertz CT molecular complexity index is 284. The molecule has 1 saturated carbocycles. The third-order valence-corrected chi connectivity index (χ3v) is 5.04. The van der Waals surface area contributed by atoms with Crippen molar-refractivity contribution in [3.63, 3.8) is 0 Å². The molecule has 2 unspecified atom stereocenters. The van der Waals surface area contributed by atoms with E-state index in [1.165, 1.54) is 19.3 Å². The molecular weight excluding hydrogens is 212 g/mol. The zero-order valence-electron chi connectivity index (χ0n) is 11.2. The fraction of sp³-hybridized carbons (Fsp3) is 0.929. The molecule has 1 aliphatic heterocycles. The van der Waals surface area contributed by atoms with Gasteiger partial charge in [-0.3, -0.25) is 4.79 Å². The minimum absolute atomic E-state index is 0.217. The predicted molar refractivity (Wildman–Crippen MR) is 69.5 cm³/mol. The first-order valence-electron chi connectivity index (χ1n) is 7.12. The van der Waals surface area contributed by atoms with Crippen LogP contribution in [-0.2, 0) is 4.79 Å². The van der Waals surface area contributed by atoms with Crippen LogP contribution in [0.1, 0.15) is 52.4 Å². The second kappa shape index (κ2) is 4.97. The summed E-state index contributed by atoms with van der Waals surface area (Å²) in [5, 5.41) is 0. The number of carbonyl (C=O) groups excluding carboxylic acids is 1. The van der Waals surface area contributed by atoms with E-state index in [2.05, 4.69) is 18.7 Å². The molecule has 0 aromatic carbocycles. The molecule has 1 saturated heterocycles. The lowest BCUT2D eigenvalue weighted by Gasteiger charge is -2.42. The Balaban J connectivity index is 2.12. The number of rotatable bonds is 2. The second-order valence-corrected chi connectivity index (χ2v) is 6.05. The van der Waals surface area contributed by atoms with E-state index in [-0.39, 0.29) is 5.41 Å². The van der Waals surface area contributed by atoms with Gasteiger partial charge >= 0.3 is 0 Å². The molecule has 1 aliphatic carbocycles. The van der Waals surface area contributed by atoms with Crippen molar-refractivity contribution in [1.29, 1.82) is 0 Å². The van der Waals surface area contributed by atoms with Crippen molar-refractivity contribution in [3.05, 3.63) is 0 Å². The molecule has 2 rings (SSSR count). The van der Waals surface area contributed by atoms with Gasteiger partial charge in [-0.25, -0.2) is 0 Å². The Morgan fingerprint density at radius 2 is 1.94 bits per heavy atom. The smallest absolute Gasteiger partial charge is 0.230 e. The van der Waals surface area contributed by atoms with Crippen LogP contribution in [0.3, 0.4) is 0 Å². The van der Waals surface area contributed by atoms with E-state index < -0.39 is 0 Å². The predicted octanol–water partition coefficient (Wildman–Crippen LogP) is 2.15. The van der Waals surface area contributed by atoms with Crippen LogP contribution in [0.25, 0.3) is 0 Å². The minimum Gasteiger partial charge on any atom is -0.339 e. The summed E-state index contributed by atoms with van der Waals surface area (Å²) in [6.45, 7) is 5.92. The molecule has 98 valence electrons. The summed E-state index contributed by atoms with van der Waals surface area (Å²) in [5.74, 6) is 0.973. The van der Waals surface area contributed by atoms with E-state index in [1.54, 1.807) is 0 Å². The molecule has 3 heteroatoms. The van der Waals surface area contributed by atoms with Crippen LogP contribution in [0.4, 0.5) is 0 Å². The molecule has 17 heavy (non-hydrogen) atoms. The molecule has 2 fully saturated rings. The number of hydrogen-bond donors (Lipinski definition) is 1. The highest BCUT2D eigenvalue weighted by atomic mass is 16.2. The van der Waals surface area contributed by atoms with E-state index in [0.29, 0.717) is 24.4 Å². The molecule has 2 aliphatic rings. The summed E-state index contributed by atoms with van der Waals surface area (Å²) in [6, 6.07) is 0.389. The van der Waals surface area contributed by atoms with Crippen molar-refractivity contribution in [1.82, 2.24) is 4.90 Å². The molecule has 1 heterocycles. The lowest BCUT2D eigenvalue weighted by atomic mass is 9.82. The highest BCUT2D eigenvalue weighted by molar-refractivity contribution is 5.83. The monoisotopic (exact) mass is 238 g/mol. The standard InChI is InChI=1S/C14H26N2O/c1-11-6-5-9-16(12(11)2)13(17)14(10-15)7-3-4-8-14/h11-12H,3-10,15H2,1-2H3. The molecule has 0 spiro atoms. The van der Waals surface area contributed by atoms with Crippen molar-refractivity contribution in [2.24, 2.45) is 17.1 Å². The molecule has 0 bridgehead atoms. The first-order chi connectivity index (χ1) is 8.10. The lowest BCUT2D eigenvalue weighted by Crippen LogP contribution is -2.53.